The smallest absolute Gasteiger partial charge is 0.248 e. The Balaban J connectivity index is 1.73. The molecule has 102 valence electrons. The fourth-order valence-corrected chi connectivity index (χ4v) is 3.42. The monoisotopic (exact) mass is 259 g/mol. The van der Waals surface area contributed by atoms with Crippen molar-refractivity contribution in [2.45, 2.75) is 25.4 Å². The summed E-state index contributed by atoms with van der Waals surface area (Å²) in [5.41, 5.74) is 7.13. The summed E-state index contributed by atoms with van der Waals surface area (Å²) in [6.45, 7) is 4.33. The molecule has 4 heteroatoms. The number of amides is 1. The van der Waals surface area contributed by atoms with E-state index >= 15 is 0 Å². The highest BCUT2D eigenvalue weighted by Gasteiger charge is 2.34. The van der Waals surface area contributed by atoms with E-state index in [2.05, 4.69) is 16.3 Å². The molecule has 2 saturated heterocycles. The Kier molecular flexibility index (Phi) is 3.53. The molecule has 0 radical (unpaired) electrons. The van der Waals surface area contributed by atoms with E-state index in [9.17, 15) is 4.79 Å². The van der Waals surface area contributed by atoms with Gasteiger partial charge >= 0.3 is 0 Å². The second kappa shape index (κ2) is 5.31. The minimum Gasteiger partial charge on any atom is -0.366 e. The van der Waals surface area contributed by atoms with Gasteiger partial charge in [0.1, 0.15) is 0 Å². The molecular formula is C15H21N3O. The van der Waals surface area contributed by atoms with Crippen LogP contribution in [0.3, 0.4) is 0 Å². The van der Waals surface area contributed by atoms with E-state index in [4.69, 9.17) is 5.73 Å². The lowest BCUT2D eigenvalue weighted by Crippen LogP contribution is -2.44. The van der Waals surface area contributed by atoms with Gasteiger partial charge in [0.15, 0.2) is 0 Å². The van der Waals surface area contributed by atoms with Crippen LogP contribution in [-0.4, -0.2) is 36.5 Å². The molecule has 3 rings (SSSR count). The number of hydrogen-bond acceptors (Lipinski definition) is 3. The summed E-state index contributed by atoms with van der Waals surface area (Å²) in [5, 5.41) is 3.49. The van der Waals surface area contributed by atoms with Crippen LogP contribution in [-0.2, 0) is 6.54 Å². The maximum Gasteiger partial charge on any atom is 0.248 e. The number of nitrogens with two attached hydrogens (primary N) is 1. The molecule has 2 aliphatic rings. The number of likely N-dealkylation sites (tertiary alicyclic amines) is 1. The molecule has 2 atom stereocenters. The van der Waals surface area contributed by atoms with Gasteiger partial charge in [0, 0.05) is 24.7 Å². The van der Waals surface area contributed by atoms with Gasteiger partial charge < -0.3 is 11.1 Å². The highest BCUT2D eigenvalue weighted by atomic mass is 16.1. The molecule has 0 aliphatic carbocycles. The van der Waals surface area contributed by atoms with Crippen LogP contribution >= 0.6 is 0 Å². The van der Waals surface area contributed by atoms with Crippen LogP contribution in [0.2, 0.25) is 0 Å². The van der Waals surface area contributed by atoms with Crippen LogP contribution in [0.15, 0.2) is 24.3 Å². The first-order valence-electron chi connectivity index (χ1n) is 7.07. The second-order valence-corrected chi connectivity index (χ2v) is 5.66. The van der Waals surface area contributed by atoms with Gasteiger partial charge in [0.05, 0.1) is 0 Å². The molecule has 0 spiro atoms. The average Bonchev–Trinajstić information content (AvgIpc) is 2.88. The summed E-state index contributed by atoms with van der Waals surface area (Å²) in [6.07, 6.45) is 2.62. The number of nitrogens with zero attached hydrogens (tertiary/aromatic N) is 1. The number of primary amides is 1. The van der Waals surface area contributed by atoms with E-state index in [1.807, 2.05) is 12.1 Å². The first kappa shape index (κ1) is 12.6. The van der Waals surface area contributed by atoms with Crippen LogP contribution < -0.4 is 11.1 Å². The van der Waals surface area contributed by atoms with Crippen molar-refractivity contribution >= 4 is 5.91 Å². The van der Waals surface area contributed by atoms with Crippen LogP contribution in [0.5, 0.6) is 0 Å². The summed E-state index contributed by atoms with van der Waals surface area (Å²) in [5.74, 6) is 0.453. The zero-order chi connectivity index (χ0) is 13.2. The molecule has 1 aromatic rings. The zero-order valence-electron chi connectivity index (χ0n) is 11.1. The second-order valence-electron chi connectivity index (χ2n) is 5.66. The van der Waals surface area contributed by atoms with E-state index < -0.39 is 0 Å². The summed E-state index contributed by atoms with van der Waals surface area (Å²) in [7, 11) is 0. The molecule has 0 bridgehead atoms. The molecule has 1 amide bonds. The van der Waals surface area contributed by atoms with Crippen molar-refractivity contribution in [1.29, 1.82) is 0 Å². The normalized spacial score (nSPS) is 27.2. The van der Waals surface area contributed by atoms with E-state index in [-0.39, 0.29) is 5.91 Å². The third kappa shape index (κ3) is 2.65. The Bertz CT molecular complexity index is 474. The molecule has 0 saturated carbocycles. The van der Waals surface area contributed by atoms with E-state index in [1.54, 1.807) is 6.07 Å². The first-order valence-corrected chi connectivity index (χ1v) is 7.07. The van der Waals surface area contributed by atoms with Crippen LogP contribution in [0.1, 0.15) is 28.8 Å². The SMILES string of the molecule is NC(=O)c1cccc(CN2CCCC3CNCC32)c1. The van der Waals surface area contributed by atoms with Crippen molar-refractivity contribution in [1.82, 2.24) is 10.2 Å². The summed E-state index contributed by atoms with van der Waals surface area (Å²) < 4.78 is 0. The van der Waals surface area contributed by atoms with Gasteiger partial charge in [0.2, 0.25) is 5.91 Å². The minimum absolute atomic E-state index is 0.346. The Morgan fingerprint density at radius 2 is 2.32 bits per heavy atom. The zero-order valence-corrected chi connectivity index (χ0v) is 11.1. The average molecular weight is 259 g/mol. The number of fused-ring (bicyclic) bond motifs is 1. The largest absolute Gasteiger partial charge is 0.366 e. The van der Waals surface area contributed by atoms with Crippen LogP contribution in [0.25, 0.3) is 0 Å². The third-order valence-corrected chi connectivity index (χ3v) is 4.39. The number of nitrogens with one attached hydrogen (secondary N) is 1. The summed E-state index contributed by atoms with van der Waals surface area (Å²) in [4.78, 5) is 13.8. The summed E-state index contributed by atoms with van der Waals surface area (Å²) in [6, 6.07) is 8.37. The molecule has 2 fully saturated rings. The number of piperidine rings is 1. The standard InChI is InChI=1S/C15H21N3O/c16-15(19)12-4-1-3-11(7-12)10-18-6-2-5-13-8-17-9-14(13)18/h1,3-4,7,13-14,17H,2,5-6,8-10H2,(H2,16,19). The van der Waals surface area contributed by atoms with E-state index in [1.165, 1.54) is 18.4 Å². The van der Waals surface area contributed by atoms with Gasteiger partial charge in [-0.25, -0.2) is 0 Å². The van der Waals surface area contributed by atoms with Crippen LogP contribution in [0.4, 0.5) is 0 Å². The number of benzene rings is 1. The van der Waals surface area contributed by atoms with Gasteiger partial charge in [-0.2, -0.15) is 0 Å². The highest BCUT2D eigenvalue weighted by molar-refractivity contribution is 5.92. The van der Waals surface area contributed by atoms with E-state index in [0.29, 0.717) is 11.6 Å². The van der Waals surface area contributed by atoms with Crippen molar-refractivity contribution < 1.29 is 4.79 Å². The molecular weight excluding hydrogens is 238 g/mol. The van der Waals surface area contributed by atoms with Crippen molar-refractivity contribution in [2.75, 3.05) is 19.6 Å². The Morgan fingerprint density at radius 3 is 3.16 bits per heavy atom. The Labute approximate surface area is 114 Å². The van der Waals surface area contributed by atoms with Crippen molar-refractivity contribution in [3.05, 3.63) is 35.4 Å². The quantitative estimate of drug-likeness (QED) is 0.850. The minimum atomic E-state index is -0.346. The molecule has 0 aromatic heterocycles. The molecule has 2 unspecified atom stereocenters. The molecule has 2 aliphatic heterocycles. The molecule has 4 nitrogen and oxygen atoms in total. The Hall–Kier alpha value is -1.39. The van der Waals surface area contributed by atoms with Gasteiger partial charge in [-0.3, -0.25) is 9.69 Å². The predicted molar refractivity (Wildman–Crippen MR) is 74.8 cm³/mol. The van der Waals surface area contributed by atoms with Crippen molar-refractivity contribution in [3.63, 3.8) is 0 Å². The lowest BCUT2D eigenvalue weighted by Gasteiger charge is -2.37. The van der Waals surface area contributed by atoms with Crippen LogP contribution in [0, 0.1) is 5.92 Å². The first-order chi connectivity index (χ1) is 9.24. The van der Waals surface area contributed by atoms with Gasteiger partial charge in [-0.15, -0.1) is 0 Å². The Morgan fingerprint density at radius 1 is 1.42 bits per heavy atom. The van der Waals surface area contributed by atoms with E-state index in [0.717, 1.165) is 32.1 Å². The maximum atomic E-state index is 11.2. The summed E-state index contributed by atoms with van der Waals surface area (Å²) >= 11 is 0. The molecule has 19 heavy (non-hydrogen) atoms. The predicted octanol–water partition coefficient (Wildman–Crippen LogP) is 0.969. The molecule has 1 aromatic carbocycles. The number of rotatable bonds is 3. The third-order valence-electron chi connectivity index (χ3n) is 4.39. The lowest BCUT2D eigenvalue weighted by molar-refractivity contribution is 0.0999. The fourth-order valence-electron chi connectivity index (χ4n) is 3.42. The number of carbonyl (C=O) groups excluding carboxylic acids is 1. The molecule has 2 heterocycles. The van der Waals surface area contributed by atoms with Gasteiger partial charge in [-0.1, -0.05) is 12.1 Å². The van der Waals surface area contributed by atoms with Gasteiger partial charge in [-0.05, 0) is 49.5 Å². The topological polar surface area (TPSA) is 58.4 Å². The number of carbonyl (C=O) groups is 1. The maximum absolute atomic E-state index is 11.2. The van der Waals surface area contributed by atoms with Crippen molar-refractivity contribution in [2.24, 2.45) is 11.7 Å². The fraction of sp³-hybridized carbons (Fsp3) is 0.533. The lowest BCUT2D eigenvalue weighted by atomic mass is 9.91. The van der Waals surface area contributed by atoms with Gasteiger partial charge in [0.25, 0.3) is 0 Å². The number of hydrogen-bond donors (Lipinski definition) is 2. The highest BCUT2D eigenvalue weighted by Crippen LogP contribution is 2.27. The van der Waals surface area contributed by atoms with Crippen molar-refractivity contribution in [3.8, 4) is 0 Å². The molecule has 3 N–H and O–H groups in total.